The lowest BCUT2D eigenvalue weighted by molar-refractivity contribution is -0.141. The summed E-state index contributed by atoms with van der Waals surface area (Å²) in [7, 11) is 0. The summed E-state index contributed by atoms with van der Waals surface area (Å²) in [6.45, 7) is 2.11. The molecule has 2 unspecified atom stereocenters. The van der Waals surface area contributed by atoms with E-state index in [1.165, 1.54) is 6.92 Å². The minimum absolute atomic E-state index is 0.133. The second-order valence-corrected chi connectivity index (χ2v) is 5.53. The first-order chi connectivity index (χ1) is 10.5. The van der Waals surface area contributed by atoms with Crippen molar-refractivity contribution in [1.82, 2.24) is 10.2 Å². The molecule has 1 aliphatic rings. The largest absolute Gasteiger partial charge is 0.481 e. The Balaban J connectivity index is 2.03. The lowest BCUT2D eigenvalue weighted by Gasteiger charge is -2.22. The van der Waals surface area contributed by atoms with Gasteiger partial charge in [-0.15, -0.1) is 0 Å². The topological polar surface area (TPSA) is 86.7 Å². The number of carboxylic acid groups (broad SMARTS) is 1. The fourth-order valence-electron chi connectivity index (χ4n) is 2.68. The first-order valence-electron chi connectivity index (χ1n) is 7.30. The number of hydrogen-bond acceptors (Lipinski definition) is 3. The molecule has 0 aliphatic carbocycles. The molecule has 0 radical (unpaired) electrons. The average molecular weight is 304 g/mol. The molecule has 1 aromatic carbocycles. The van der Waals surface area contributed by atoms with Gasteiger partial charge >= 0.3 is 5.97 Å². The highest BCUT2D eigenvalue weighted by molar-refractivity contribution is 5.80. The van der Waals surface area contributed by atoms with Crippen LogP contribution in [-0.4, -0.2) is 40.9 Å². The van der Waals surface area contributed by atoms with E-state index < -0.39 is 17.9 Å². The van der Waals surface area contributed by atoms with Crippen LogP contribution in [0, 0.1) is 5.92 Å². The van der Waals surface area contributed by atoms with Crippen LogP contribution in [0.5, 0.6) is 0 Å². The number of aliphatic carboxylic acids is 1. The SMILES string of the molecule is CC(=O)NC(CC(=O)N1CCC(C(=O)O)C1)c1ccccc1. The van der Waals surface area contributed by atoms with E-state index in [4.69, 9.17) is 5.11 Å². The molecule has 2 atom stereocenters. The van der Waals surface area contributed by atoms with Crippen LogP contribution in [0.25, 0.3) is 0 Å². The Bertz CT molecular complexity index is 559. The third kappa shape index (κ3) is 4.07. The Morgan fingerprint density at radius 2 is 2.00 bits per heavy atom. The summed E-state index contributed by atoms with van der Waals surface area (Å²) < 4.78 is 0. The maximum Gasteiger partial charge on any atom is 0.308 e. The quantitative estimate of drug-likeness (QED) is 0.855. The van der Waals surface area contributed by atoms with Crippen molar-refractivity contribution in [3.05, 3.63) is 35.9 Å². The number of carbonyl (C=O) groups excluding carboxylic acids is 2. The first-order valence-corrected chi connectivity index (χ1v) is 7.30. The Morgan fingerprint density at radius 1 is 1.32 bits per heavy atom. The molecule has 1 aliphatic heterocycles. The molecule has 0 spiro atoms. The van der Waals surface area contributed by atoms with Crippen molar-refractivity contribution in [2.75, 3.05) is 13.1 Å². The number of nitrogens with zero attached hydrogens (tertiary/aromatic N) is 1. The minimum Gasteiger partial charge on any atom is -0.481 e. The van der Waals surface area contributed by atoms with Crippen LogP contribution < -0.4 is 5.32 Å². The summed E-state index contributed by atoms with van der Waals surface area (Å²) in [6, 6.07) is 8.90. The third-order valence-electron chi connectivity index (χ3n) is 3.85. The summed E-state index contributed by atoms with van der Waals surface area (Å²) in [5.74, 6) is -1.69. The second kappa shape index (κ2) is 7.06. The number of carbonyl (C=O) groups is 3. The monoisotopic (exact) mass is 304 g/mol. The lowest BCUT2D eigenvalue weighted by atomic mass is 10.0. The average Bonchev–Trinajstić information content (AvgIpc) is 2.97. The number of hydrogen-bond donors (Lipinski definition) is 2. The van der Waals surface area contributed by atoms with E-state index in [0.717, 1.165) is 5.56 Å². The normalized spacial score (nSPS) is 18.8. The molecule has 1 fully saturated rings. The number of likely N-dealkylation sites (tertiary alicyclic amines) is 1. The van der Waals surface area contributed by atoms with Crippen LogP contribution in [-0.2, 0) is 14.4 Å². The van der Waals surface area contributed by atoms with E-state index in [0.29, 0.717) is 13.0 Å². The summed E-state index contributed by atoms with van der Waals surface area (Å²) in [5, 5.41) is 11.8. The molecule has 0 aromatic heterocycles. The molecule has 1 saturated heterocycles. The van der Waals surface area contributed by atoms with E-state index in [-0.39, 0.29) is 24.8 Å². The Hall–Kier alpha value is -2.37. The van der Waals surface area contributed by atoms with Gasteiger partial charge in [0.05, 0.1) is 18.4 Å². The molecule has 2 amide bonds. The molecule has 1 heterocycles. The van der Waals surface area contributed by atoms with Crippen molar-refractivity contribution in [2.45, 2.75) is 25.8 Å². The van der Waals surface area contributed by atoms with Crippen LogP contribution in [0.4, 0.5) is 0 Å². The molecular formula is C16H20N2O4. The molecule has 0 bridgehead atoms. The van der Waals surface area contributed by atoms with Gasteiger partial charge in [0.2, 0.25) is 11.8 Å². The summed E-state index contributed by atoms with van der Waals surface area (Å²) in [6.07, 6.45) is 0.618. The zero-order valence-electron chi connectivity index (χ0n) is 12.5. The zero-order chi connectivity index (χ0) is 16.1. The van der Waals surface area contributed by atoms with Gasteiger partial charge in [-0.05, 0) is 12.0 Å². The molecule has 2 N–H and O–H groups in total. The number of nitrogens with one attached hydrogen (secondary N) is 1. The molecule has 6 heteroatoms. The van der Waals surface area contributed by atoms with Gasteiger partial charge in [0, 0.05) is 20.0 Å². The highest BCUT2D eigenvalue weighted by atomic mass is 16.4. The molecule has 0 saturated carbocycles. The minimum atomic E-state index is -0.864. The van der Waals surface area contributed by atoms with Gasteiger partial charge in [0.15, 0.2) is 0 Å². The van der Waals surface area contributed by atoms with E-state index in [1.54, 1.807) is 4.90 Å². The fourth-order valence-corrected chi connectivity index (χ4v) is 2.68. The van der Waals surface area contributed by atoms with Crippen molar-refractivity contribution >= 4 is 17.8 Å². The second-order valence-electron chi connectivity index (χ2n) is 5.53. The molecule has 6 nitrogen and oxygen atoms in total. The van der Waals surface area contributed by atoms with Crippen molar-refractivity contribution in [2.24, 2.45) is 5.92 Å². The predicted molar refractivity (Wildman–Crippen MR) is 79.9 cm³/mol. The van der Waals surface area contributed by atoms with Crippen molar-refractivity contribution in [3.8, 4) is 0 Å². The third-order valence-corrected chi connectivity index (χ3v) is 3.85. The summed E-state index contributed by atoms with van der Waals surface area (Å²) in [5.41, 5.74) is 0.861. The Morgan fingerprint density at radius 3 is 2.55 bits per heavy atom. The van der Waals surface area contributed by atoms with Crippen LogP contribution in [0.15, 0.2) is 30.3 Å². The van der Waals surface area contributed by atoms with E-state index in [2.05, 4.69) is 5.32 Å². The number of amides is 2. The van der Waals surface area contributed by atoms with E-state index in [1.807, 2.05) is 30.3 Å². The standard InChI is InChI=1S/C16H20N2O4/c1-11(19)17-14(12-5-3-2-4-6-12)9-15(20)18-8-7-13(10-18)16(21)22/h2-6,13-14H,7-10H2,1H3,(H,17,19)(H,21,22). The van der Waals surface area contributed by atoms with Gasteiger partial charge < -0.3 is 15.3 Å². The fraction of sp³-hybridized carbons (Fsp3) is 0.438. The van der Waals surface area contributed by atoms with E-state index in [9.17, 15) is 14.4 Å². The van der Waals surface area contributed by atoms with Gasteiger partial charge in [0.25, 0.3) is 0 Å². The predicted octanol–water partition coefficient (Wildman–Crippen LogP) is 1.19. The van der Waals surface area contributed by atoms with Crippen LogP contribution >= 0.6 is 0 Å². The first kappa shape index (κ1) is 16.0. The lowest BCUT2D eigenvalue weighted by Crippen LogP contribution is -2.35. The van der Waals surface area contributed by atoms with Crippen molar-refractivity contribution in [3.63, 3.8) is 0 Å². The van der Waals surface area contributed by atoms with Crippen LogP contribution in [0.3, 0.4) is 0 Å². The van der Waals surface area contributed by atoms with Crippen molar-refractivity contribution < 1.29 is 19.5 Å². The van der Waals surface area contributed by atoms with Crippen LogP contribution in [0.1, 0.15) is 31.4 Å². The molecule has 118 valence electrons. The Labute approximate surface area is 129 Å². The maximum absolute atomic E-state index is 12.4. The summed E-state index contributed by atoms with van der Waals surface area (Å²) in [4.78, 5) is 36.2. The summed E-state index contributed by atoms with van der Waals surface area (Å²) >= 11 is 0. The highest BCUT2D eigenvalue weighted by Crippen LogP contribution is 2.22. The van der Waals surface area contributed by atoms with Gasteiger partial charge in [-0.25, -0.2) is 0 Å². The van der Waals surface area contributed by atoms with Gasteiger partial charge in [-0.2, -0.15) is 0 Å². The van der Waals surface area contributed by atoms with Gasteiger partial charge in [-0.3, -0.25) is 14.4 Å². The van der Waals surface area contributed by atoms with Crippen LogP contribution in [0.2, 0.25) is 0 Å². The highest BCUT2D eigenvalue weighted by Gasteiger charge is 2.31. The van der Waals surface area contributed by atoms with E-state index >= 15 is 0 Å². The molecule has 2 rings (SSSR count). The number of carboxylic acids is 1. The smallest absolute Gasteiger partial charge is 0.308 e. The molecular weight excluding hydrogens is 284 g/mol. The van der Waals surface area contributed by atoms with Crippen molar-refractivity contribution in [1.29, 1.82) is 0 Å². The van der Waals surface area contributed by atoms with Gasteiger partial charge in [-0.1, -0.05) is 30.3 Å². The number of benzene rings is 1. The molecule has 22 heavy (non-hydrogen) atoms. The Kier molecular flexibility index (Phi) is 5.14. The maximum atomic E-state index is 12.4. The molecule has 1 aromatic rings. The van der Waals surface area contributed by atoms with Gasteiger partial charge in [0.1, 0.15) is 0 Å². The number of rotatable bonds is 5. The zero-order valence-corrected chi connectivity index (χ0v) is 12.5.